The zero-order chi connectivity index (χ0) is 20.1. The van der Waals surface area contributed by atoms with Crippen LogP contribution in [-0.4, -0.2) is 39.6 Å². The highest BCUT2D eigenvalue weighted by Crippen LogP contribution is 2.20. The largest absolute Gasteiger partial charge is 0.452 e. The van der Waals surface area contributed by atoms with E-state index in [9.17, 15) is 9.59 Å². The van der Waals surface area contributed by atoms with Gasteiger partial charge in [-0.3, -0.25) is 4.79 Å². The second-order valence-electron chi connectivity index (χ2n) is 5.86. The van der Waals surface area contributed by atoms with Crippen molar-refractivity contribution in [3.8, 4) is 6.07 Å². The second kappa shape index (κ2) is 8.50. The number of aryl methyl sites for hydroxylation is 1. The molecule has 0 aliphatic carbocycles. The minimum absolute atomic E-state index is 0.128. The predicted molar refractivity (Wildman–Crippen MR) is 102 cm³/mol. The maximum Gasteiger partial charge on any atom is 0.344 e. The summed E-state index contributed by atoms with van der Waals surface area (Å²) < 4.78 is 6.68. The van der Waals surface area contributed by atoms with Crippen LogP contribution in [0.1, 0.15) is 22.5 Å². The molecule has 3 aromatic rings. The molecular formula is C19H16ClN5O3. The lowest BCUT2D eigenvalue weighted by atomic mass is 10.2. The average molecular weight is 398 g/mol. The number of hydrogen-bond acceptors (Lipinski definition) is 6. The van der Waals surface area contributed by atoms with Crippen LogP contribution in [0.25, 0.3) is 5.65 Å². The smallest absolute Gasteiger partial charge is 0.344 e. The van der Waals surface area contributed by atoms with Crippen molar-refractivity contribution in [2.45, 2.75) is 13.3 Å². The van der Waals surface area contributed by atoms with Gasteiger partial charge in [-0.15, -0.1) is 0 Å². The van der Waals surface area contributed by atoms with Crippen LogP contribution in [0.4, 0.5) is 5.69 Å². The number of nitriles is 1. The first kappa shape index (κ1) is 19.3. The van der Waals surface area contributed by atoms with E-state index in [2.05, 4.69) is 10.1 Å². The summed E-state index contributed by atoms with van der Waals surface area (Å²) in [6, 6.07) is 10.4. The van der Waals surface area contributed by atoms with Crippen LogP contribution in [0.3, 0.4) is 0 Å². The molecule has 0 spiro atoms. The fourth-order valence-corrected chi connectivity index (χ4v) is 2.90. The number of carbonyl (C=O) groups excluding carboxylic acids is 2. The fraction of sp³-hybridized carbons (Fsp3) is 0.211. The minimum atomic E-state index is -0.689. The summed E-state index contributed by atoms with van der Waals surface area (Å²) in [7, 11) is 0. The first-order chi connectivity index (χ1) is 13.5. The van der Waals surface area contributed by atoms with Crippen LogP contribution < -0.4 is 4.90 Å². The third-order valence-electron chi connectivity index (χ3n) is 3.97. The number of carbonyl (C=O) groups is 2. The molecule has 28 heavy (non-hydrogen) atoms. The molecule has 2 aromatic heterocycles. The Balaban J connectivity index is 1.76. The Bertz CT molecular complexity index is 1070. The summed E-state index contributed by atoms with van der Waals surface area (Å²) in [5.74, 6) is -1.15. The van der Waals surface area contributed by atoms with Crippen LogP contribution in [0.15, 0.2) is 42.7 Å². The number of rotatable bonds is 6. The molecule has 142 valence electrons. The molecule has 0 N–H and O–H groups in total. The monoisotopic (exact) mass is 397 g/mol. The molecule has 1 aromatic carbocycles. The number of fused-ring (bicyclic) bond motifs is 1. The topological polar surface area (TPSA) is 101 Å². The fourth-order valence-electron chi connectivity index (χ4n) is 2.72. The van der Waals surface area contributed by atoms with Gasteiger partial charge >= 0.3 is 5.97 Å². The number of hydrogen-bond donors (Lipinski definition) is 0. The van der Waals surface area contributed by atoms with Gasteiger partial charge in [0.05, 0.1) is 18.2 Å². The first-order valence-corrected chi connectivity index (χ1v) is 8.79. The molecule has 0 saturated heterocycles. The van der Waals surface area contributed by atoms with E-state index in [0.29, 0.717) is 22.1 Å². The SMILES string of the molecule is Cc1nn2cccnc2c1C(=O)OCC(=O)N(CCC#N)c1cccc(Cl)c1. The summed E-state index contributed by atoms with van der Waals surface area (Å²) in [5, 5.41) is 13.5. The van der Waals surface area contributed by atoms with Crippen LogP contribution >= 0.6 is 11.6 Å². The van der Waals surface area contributed by atoms with Gasteiger partial charge in [-0.25, -0.2) is 14.3 Å². The highest BCUT2D eigenvalue weighted by atomic mass is 35.5. The summed E-state index contributed by atoms with van der Waals surface area (Å²) in [4.78, 5) is 30.7. The molecule has 0 fully saturated rings. The maximum absolute atomic E-state index is 12.6. The van der Waals surface area contributed by atoms with Crippen molar-refractivity contribution in [1.29, 1.82) is 5.26 Å². The quantitative estimate of drug-likeness (QED) is 0.593. The molecule has 0 aliphatic rings. The lowest BCUT2D eigenvalue weighted by Crippen LogP contribution is -2.35. The summed E-state index contributed by atoms with van der Waals surface area (Å²) in [6.07, 6.45) is 3.34. The first-order valence-electron chi connectivity index (χ1n) is 8.41. The maximum atomic E-state index is 12.6. The Labute approximate surface area is 165 Å². The third-order valence-corrected chi connectivity index (χ3v) is 4.20. The molecule has 9 heteroatoms. The van der Waals surface area contributed by atoms with E-state index in [1.54, 1.807) is 49.6 Å². The van der Waals surface area contributed by atoms with Gasteiger partial charge in [-0.1, -0.05) is 17.7 Å². The van der Waals surface area contributed by atoms with Crippen molar-refractivity contribution in [1.82, 2.24) is 14.6 Å². The number of aromatic nitrogens is 3. The average Bonchev–Trinajstić information content (AvgIpc) is 3.02. The van der Waals surface area contributed by atoms with E-state index in [4.69, 9.17) is 21.6 Å². The Morgan fingerprint density at radius 1 is 1.36 bits per heavy atom. The van der Waals surface area contributed by atoms with Crippen LogP contribution in [0.5, 0.6) is 0 Å². The normalized spacial score (nSPS) is 10.5. The minimum Gasteiger partial charge on any atom is -0.452 e. The van der Waals surface area contributed by atoms with Gasteiger partial charge in [0.1, 0.15) is 5.56 Å². The van der Waals surface area contributed by atoms with Crippen molar-refractivity contribution in [3.63, 3.8) is 0 Å². The van der Waals surface area contributed by atoms with E-state index >= 15 is 0 Å². The molecule has 0 unspecified atom stereocenters. The summed E-state index contributed by atoms with van der Waals surface area (Å²) in [6.45, 7) is 1.34. The van der Waals surface area contributed by atoms with Gasteiger partial charge in [-0.05, 0) is 31.2 Å². The van der Waals surface area contributed by atoms with Crippen molar-refractivity contribution in [2.24, 2.45) is 0 Å². The zero-order valence-corrected chi connectivity index (χ0v) is 15.8. The van der Waals surface area contributed by atoms with E-state index in [0.717, 1.165) is 0 Å². The molecule has 0 atom stereocenters. The van der Waals surface area contributed by atoms with Gasteiger partial charge < -0.3 is 9.64 Å². The number of ether oxygens (including phenoxy) is 1. The Morgan fingerprint density at radius 3 is 2.93 bits per heavy atom. The molecular weight excluding hydrogens is 382 g/mol. The number of esters is 1. The van der Waals surface area contributed by atoms with Gasteiger partial charge in [0.25, 0.3) is 5.91 Å². The highest BCUT2D eigenvalue weighted by molar-refractivity contribution is 6.30. The molecule has 0 radical (unpaired) electrons. The van der Waals surface area contributed by atoms with E-state index in [1.165, 1.54) is 9.42 Å². The lowest BCUT2D eigenvalue weighted by molar-refractivity contribution is -0.121. The number of anilines is 1. The van der Waals surface area contributed by atoms with Gasteiger partial charge in [-0.2, -0.15) is 10.4 Å². The molecule has 0 saturated carbocycles. The van der Waals surface area contributed by atoms with Gasteiger partial charge in [0, 0.05) is 29.6 Å². The van der Waals surface area contributed by atoms with Crippen molar-refractivity contribution >= 4 is 34.8 Å². The second-order valence-corrected chi connectivity index (χ2v) is 6.29. The Kier molecular flexibility index (Phi) is 5.87. The molecule has 2 heterocycles. The van der Waals surface area contributed by atoms with E-state index in [1.807, 2.05) is 6.07 Å². The highest BCUT2D eigenvalue weighted by Gasteiger charge is 2.22. The van der Waals surface area contributed by atoms with Crippen LogP contribution in [0.2, 0.25) is 5.02 Å². The number of nitrogens with zero attached hydrogens (tertiary/aromatic N) is 5. The number of halogens is 1. The molecule has 1 amide bonds. The third kappa shape index (κ3) is 4.10. The zero-order valence-electron chi connectivity index (χ0n) is 15.0. The van der Waals surface area contributed by atoms with E-state index in [-0.39, 0.29) is 18.5 Å². The van der Waals surface area contributed by atoms with Crippen LogP contribution in [0, 0.1) is 18.3 Å². The summed E-state index contributed by atoms with van der Waals surface area (Å²) >= 11 is 5.99. The van der Waals surface area contributed by atoms with Crippen molar-refractivity contribution in [2.75, 3.05) is 18.1 Å². The molecule has 3 rings (SSSR count). The molecule has 0 bridgehead atoms. The summed E-state index contributed by atoms with van der Waals surface area (Å²) in [5.41, 5.74) is 1.54. The van der Waals surface area contributed by atoms with Gasteiger partial charge in [0.15, 0.2) is 12.3 Å². The molecule has 0 aliphatic heterocycles. The van der Waals surface area contributed by atoms with E-state index < -0.39 is 18.5 Å². The number of benzene rings is 1. The predicted octanol–water partition coefficient (Wildman–Crippen LogP) is 2.79. The lowest BCUT2D eigenvalue weighted by Gasteiger charge is -2.21. The van der Waals surface area contributed by atoms with Gasteiger partial charge in [0.2, 0.25) is 0 Å². The standard InChI is InChI=1S/C19H16ClN5O3/c1-13-17(18-22-8-4-10-25(18)23-13)19(27)28-12-16(26)24(9-3-7-21)15-6-2-5-14(20)11-15/h2,4-6,8,10-11H,3,9,12H2,1H3. The molecule has 8 nitrogen and oxygen atoms in total. The Morgan fingerprint density at radius 2 is 2.18 bits per heavy atom. The van der Waals surface area contributed by atoms with Crippen molar-refractivity contribution in [3.05, 3.63) is 59.0 Å². The van der Waals surface area contributed by atoms with Crippen molar-refractivity contribution < 1.29 is 14.3 Å². The van der Waals surface area contributed by atoms with Crippen LogP contribution in [-0.2, 0) is 9.53 Å². The Hall–Kier alpha value is -3.44. The number of amides is 1.